The summed E-state index contributed by atoms with van der Waals surface area (Å²) in [5.74, 6) is 1.24. The smallest absolute Gasteiger partial charge is 0.280 e. The Bertz CT molecular complexity index is 1240. The highest BCUT2D eigenvalue weighted by atomic mass is 32.1. The zero-order chi connectivity index (χ0) is 18.9. The number of aromatic nitrogens is 6. The van der Waals surface area contributed by atoms with E-state index in [2.05, 4.69) is 31.5 Å². The fourth-order valence-corrected chi connectivity index (χ4v) is 3.61. The summed E-state index contributed by atoms with van der Waals surface area (Å²) in [5.41, 5.74) is 2.11. The average molecular weight is 390 g/mol. The second-order valence-electron chi connectivity index (χ2n) is 6.03. The van der Waals surface area contributed by atoms with Gasteiger partial charge in [-0.05, 0) is 17.5 Å². The molecule has 0 saturated heterocycles. The van der Waals surface area contributed by atoms with Gasteiger partial charge in [0, 0.05) is 21.9 Å². The fourth-order valence-electron chi connectivity index (χ4n) is 2.91. The number of nitrogens with zero attached hydrogens (tertiary/aromatic N) is 6. The van der Waals surface area contributed by atoms with Gasteiger partial charge in [-0.1, -0.05) is 34.6 Å². The molecule has 4 heterocycles. The number of thiophene rings is 1. The molecule has 0 saturated carbocycles. The second-order valence-corrected chi connectivity index (χ2v) is 7.07. The molecule has 0 spiro atoms. The van der Waals surface area contributed by atoms with Crippen LogP contribution in [0.2, 0.25) is 0 Å². The fraction of sp³-hybridized carbons (Fsp3) is 0.105. The highest BCUT2D eigenvalue weighted by molar-refractivity contribution is 7.09. The highest BCUT2D eigenvalue weighted by Gasteiger charge is 2.17. The first kappa shape index (κ1) is 16.6. The Morgan fingerprint density at radius 2 is 2.07 bits per heavy atom. The van der Waals surface area contributed by atoms with Gasteiger partial charge in [0.2, 0.25) is 11.7 Å². The zero-order valence-electron chi connectivity index (χ0n) is 14.8. The minimum atomic E-state index is 0.312. The van der Waals surface area contributed by atoms with Crippen molar-refractivity contribution in [3.05, 3.63) is 58.9 Å². The summed E-state index contributed by atoms with van der Waals surface area (Å²) in [5, 5.41) is 15.4. The van der Waals surface area contributed by atoms with Crippen molar-refractivity contribution in [2.24, 2.45) is 0 Å². The second kappa shape index (κ2) is 6.86. The van der Waals surface area contributed by atoms with Crippen LogP contribution in [-0.4, -0.2) is 37.2 Å². The van der Waals surface area contributed by atoms with Crippen molar-refractivity contribution in [3.8, 4) is 28.9 Å². The van der Waals surface area contributed by atoms with Crippen LogP contribution >= 0.6 is 11.3 Å². The van der Waals surface area contributed by atoms with Crippen molar-refractivity contribution in [1.82, 2.24) is 30.1 Å². The maximum absolute atomic E-state index is 5.44. The molecule has 0 N–H and O–H groups in total. The summed E-state index contributed by atoms with van der Waals surface area (Å²) >= 11 is 1.67. The predicted octanol–water partition coefficient (Wildman–Crippen LogP) is 3.66. The van der Waals surface area contributed by atoms with Crippen LogP contribution in [-0.2, 0) is 6.54 Å². The van der Waals surface area contributed by atoms with Gasteiger partial charge in [-0.3, -0.25) is 0 Å². The van der Waals surface area contributed by atoms with E-state index in [1.54, 1.807) is 35.4 Å². The number of benzene rings is 1. The maximum Gasteiger partial charge on any atom is 0.280 e. The predicted molar refractivity (Wildman–Crippen MR) is 104 cm³/mol. The van der Waals surface area contributed by atoms with Crippen LogP contribution < -0.4 is 4.74 Å². The van der Waals surface area contributed by atoms with Gasteiger partial charge in [-0.2, -0.15) is 4.98 Å². The summed E-state index contributed by atoms with van der Waals surface area (Å²) in [6.45, 7) is 0.651. The maximum atomic E-state index is 5.44. The van der Waals surface area contributed by atoms with Crippen LogP contribution in [0, 0.1) is 0 Å². The number of para-hydroxylation sites is 1. The first-order valence-electron chi connectivity index (χ1n) is 8.51. The normalized spacial score (nSPS) is 11.2. The number of fused-ring (bicyclic) bond motifs is 1. The molecular formula is C19H14N6O2S. The Labute approximate surface area is 163 Å². The van der Waals surface area contributed by atoms with E-state index >= 15 is 0 Å². The van der Waals surface area contributed by atoms with Gasteiger partial charge < -0.3 is 9.26 Å². The van der Waals surface area contributed by atoms with Crippen LogP contribution in [0.4, 0.5) is 0 Å². The highest BCUT2D eigenvalue weighted by Crippen LogP contribution is 2.30. The number of pyridine rings is 1. The number of methoxy groups -OCH3 is 1. The SMILES string of the molecule is COc1cc(-c2noc(-c3cn(Cc4cccs4)nn3)n2)c2ccccc2n1. The third-order valence-corrected chi connectivity index (χ3v) is 5.09. The van der Waals surface area contributed by atoms with E-state index < -0.39 is 0 Å². The van der Waals surface area contributed by atoms with Gasteiger partial charge in [0.05, 0.1) is 25.4 Å². The lowest BCUT2D eigenvalue weighted by atomic mass is 10.1. The molecule has 0 radical (unpaired) electrons. The topological polar surface area (TPSA) is 91.8 Å². The number of rotatable bonds is 5. The molecule has 138 valence electrons. The molecule has 0 bridgehead atoms. The Hall–Kier alpha value is -3.59. The number of ether oxygens (including phenoxy) is 1. The molecule has 9 heteroatoms. The van der Waals surface area contributed by atoms with E-state index in [0.717, 1.165) is 16.5 Å². The third kappa shape index (κ3) is 3.01. The average Bonchev–Trinajstić information content (AvgIpc) is 3.49. The van der Waals surface area contributed by atoms with Gasteiger partial charge in [-0.25, -0.2) is 9.67 Å². The summed E-state index contributed by atoms with van der Waals surface area (Å²) in [4.78, 5) is 10.2. The lowest BCUT2D eigenvalue weighted by Gasteiger charge is -2.05. The van der Waals surface area contributed by atoms with Gasteiger partial charge in [0.1, 0.15) is 0 Å². The van der Waals surface area contributed by atoms with Crippen LogP contribution in [0.1, 0.15) is 4.88 Å². The minimum absolute atomic E-state index is 0.312. The van der Waals surface area contributed by atoms with Crippen molar-refractivity contribution in [2.75, 3.05) is 7.11 Å². The molecule has 0 unspecified atom stereocenters. The molecule has 0 fully saturated rings. The van der Waals surface area contributed by atoms with Crippen molar-refractivity contribution in [3.63, 3.8) is 0 Å². The Kier molecular flexibility index (Phi) is 4.06. The van der Waals surface area contributed by atoms with Crippen LogP contribution in [0.3, 0.4) is 0 Å². The lowest BCUT2D eigenvalue weighted by Crippen LogP contribution is -1.97. The van der Waals surface area contributed by atoms with Crippen LogP contribution in [0.15, 0.2) is 58.6 Å². The van der Waals surface area contributed by atoms with Gasteiger partial charge in [0.25, 0.3) is 5.89 Å². The first-order chi connectivity index (χ1) is 13.8. The zero-order valence-corrected chi connectivity index (χ0v) is 15.6. The number of hydrogen-bond acceptors (Lipinski definition) is 8. The molecule has 1 aromatic carbocycles. The third-order valence-electron chi connectivity index (χ3n) is 4.22. The van der Waals surface area contributed by atoms with Crippen molar-refractivity contribution >= 4 is 22.2 Å². The summed E-state index contributed by atoms with van der Waals surface area (Å²) in [6.07, 6.45) is 1.79. The lowest BCUT2D eigenvalue weighted by molar-refractivity contribution is 0.399. The molecule has 0 aliphatic carbocycles. The van der Waals surface area contributed by atoms with E-state index in [9.17, 15) is 0 Å². The van der Waals surface area contributed by atoms with E-state index in [-0.39, 0.29) is 0 Å². The van der Waals surface area contributed by atoms with Crippen molar-refractivity contribution in [1.29, 1.82) is 0 Å². The molecule has 0 amide bonds. The van der Waals surface area contributed by atoms with Gasteiger partial charge >= 0.3 is 0 Å². The molecular weight excluding hydrogens is 376 g/mol. The van der Waals surface area contributed by atoms with Crippen molar-refractivity contribution in [2.45, 2.75) is 6.54 Å². The minimum Gasteiger partial charge on any atom is -0.481 e. The van der Waals surface area contributed by atoms with Gasteiger partial charge in [-0.15, -0.1) is 16.4 Å². The largest absolute Gasteiger partial charge is 0.481 e. The summed E-state index contributed by atoms with van der Waals surface area (Å²) in [7, 11) is 1.58. The van der Waals surface area contributed by atoms with E-state index in [1.165, 1.54) is 4.88 Å². The van der Waals surface area contributed by atoms with E-state index in [4.69, 9.17) is 9.26 Å². The Morgan fingerprint density at radius 3 is 2.93 bits per heavy atom. The summed E-state index contributed by atoms with van der Waals surface area (Å²) in [6, 6.07) is 13.6. The molecule has 8 nitrogen and oxygen atoms in total. The Balaban J connectivity index is 1.50. The first-order valence-corrected chi connectivity index (χ1v) is 9.39. The molecule has 0 aliphatic rings. The van der Waals surface area contributed by atoms with Crippen molar-refractivity contribution < 1.29 is 9.26 Å². The quantitative estimate of drug-likeness (QED) is 0.452. The number of hydrogen-bond donors (Lipinski definition) is 0. The van der Waals surface area contributed by atoms with E-state index in [1.807, 2.05) is 35.7 Å². The molecule has 28 heavy (non-hydrogen) atoms. The standard InChI is InChI=1S/C19H14N6O2S/c1-26-17-9-14(13-6-2-3-7-15(13)20-17)18-21-19(27-23-18)16-11-25(24-22-16)10-12-5-4-8-28-12/h2-9,11H,10H2,1H3. The Morgan fingerprint density at radius 1 is 1.14 bits per heavy atom. The van der Waals surface area contributed by atoms with E-state index in [0.29, 0.717) is 29.8 Å². The van der Waals surface area contributed by atoms with Gasteiger partial charge in [0.15, 0.2) is 5.69 Å². The van der Waals surface area contributed by atoms with Crippen LogP contribution in [0.5, 0.6) is 5.88 Å². The molecule has 4 aromatic heterocycles. The molecule has 5 aromatic rings. The molecule has 5 rings (SSSR count). The van der Waals surface area contributed by atoms with Crippen LogP contribution in [0.25, 0.3) is 33.9 Å². The molecule has 0 aliphatic heterocycles. The monoisotopic (exact) mass is 390 g/mol. The molecule has 0 atom stereocenters. The summed E-state index contributed by atoms with van der Waals surface area (Å²) < 4.78 is 12.5.